The minimum Gasteiger partial charge on any atom is -0.399 e. The van der Waals surface area contributed by atoms with Gasteiger partial charge in [0.05, 0.1) is 34.8 Å². The van der Waals surface area contributed by atoms with E-state index in [2.05, 4.69) is 30.7 Å². The van der Waals surface area contributed by atoms with Gasteiger partial charge in [0.25, 0.3) is 31.9 Å². The van der Waals surface area contributed by atoms with Crippen LogP contribution in [-0.4, -0.2) is 127 Å². The number of nitrogens with one attached hydrogen (secondary N) is 6. The standard InChI is InChI=1S/C35H53N5O5S.C33H49N5O5S/c1-12-24-21-26(18-19-27(24)36)46(44,45)39-31(41)23(4)20-28(22(2)3)40(11)33(43)30(34(5,6)7)38-32(42)29(37-10)35(8,9)25-16-14-13-15-17-25;1-21(2)25(20-22(3)29(39)37-44(42,43)26-19-15-14-18-24(26)34)38(10)31(41)28(32(4,5)6)36-30(40)27(35-9)33(7,8)23-16-12-11-13-17-23/h13-22,28-30,37H,12,36H2,1-11H3,(H,38,42)(H,39,41);11-21,25,27-28,35H,34H2,1-10H3,(H,36,40)(H,37,39)/b23-20+;22-20+/t28-,29-,30-;25-,27-,28-/m11/s1. The summed E-state index contributed by atoms with van der Waals surface area (Å²) in [6.45, 7) is 31.6. The van der Waals surface area contributed by atoms with Gasteiger partial charge in [-0.25, -0.2) is 26.3 Å². The maximum atomic E-state index is 14.1. The summed E-state index contributed by atoms with van der Waals surface area (Å²) in [5, 5.41) is 12.3. The van der Waals surface area contributed by atoms with Gasteiger partial charge in [0, 0.05) is 41.8 Å². The van der Waals surface area contributed by atoms with E-state index in [1.165, 1.54) is 60.0 Å². The summed E-state index contributed by atoms with van der Waals surface area (Å²) in [6, 6.07) is 25.4. The molecule has 0 spiro atoms. The third-order valence-corrected chi connectivity index (χ3v) is 19.1. The van der Waals surface area contributed by atoms with Crippen molar-refractivity contribution in [3.05, 3.63) is 143 Å². The Balaban J connectivity index is 0.000000471. The molecule has 4 rings (SSSR count). The number of hydrogen-bond acceptors (Lipinski definition) is 14. The lowest BCUT2D eigenvalue weighted by atomic mass is 9.76. The maximum absolute atomic E-state index is 14.1. The minimum absolute atomic E-state index is 0.0164. The molecule has 22 heteroatoms. The predicted octanol–water partition coefficient (Wildman–Crippen LogP) is 7.76. The van der Waals surface area contributed by atoms with Gasteiger partial charge >= 0.3 is 0 Å². The Morgan fingerprint density at radius 3 is 1.20 bits per heavy atom. The highest BCUT2D eigenvalue weighted by Crippen LogP contribution is 2.32. The van der Waals surface area contributed by atoms with Crippen molar-refractivity contribution in [2.75, 3.05) is 39.7 Å². The lowest BCUT2D eigenvalue weighted by Gasteiger charge is -2.40. The first kappa shape index (κ1) is 76.8. The molecule has 10 N–H and O–H groups in total. The van der Waals surface area contributed by atoms with Gasteiger partial charge in [-0.15, -0.1) is 0 Å². The summed E-state index contributed by atoms with van der Waals surface area (Å²) >= 11 is 0. The zero-order chi connectivity index (χ0) is 68.8. The van der Waals surface area contributed by atoms with E-state index in [0.717, 1.165) is 11.1 Å². The molecule has 0 saturated heterocycles. The van der Waals surface area contributed by atoms with Gasteiger partial charge < -0.3 is 42.5 Å². The van der Waals surface area contributed by atoms with Gasteiger partial charge in [0.1, 0.15) is 17.0 Å². The number of benzene rings is 4. The molecule has 6 amide bonds. The average molecular weight is 1280 g/mol. The highest BCUT2D eigenvalue weighted by Gasteiger charge is 2.44. The summed E-state index contributed by atoms with van der Waals surface area (Å²) in [5.74, 6) is -3.24. The van der Waals surface area contributed by atoms with Crippen LogP contribution in [0.15, 0.2) is 136 Å². The molecule has 0 heterocycles. The molecule has 0 saturated carbocycles. The van der Waals surface area contributed by atoms with Crippen LogP contribution in [0.2, 0.25) is 0 Å². The van der Waals surface area contributed by atoms with Crippen LogP contribution in [0.4, 0.5) is 11.4 Å². The second kappa shape index (κ2) is 31.6. The summed E-state index contributed by atoms with van der Waals surface area (Å²) in [4.78, 5) is 84.5. The minimum atomic E-state index is -4.22. The highest BCUT2D eigenvalue weighted by molar-refractivity contribution is 7.90. The molecule has 0 aromatic heterocycles. The van der Waals surface area contributed by atoms with Gasteiger partial charge in [-0.05, 0) is 104 Å². The summed E-state index contributed by atoms with van der Waals surface area (Å²) in [7, 11) is -1.70. The quantitative estimate of drug-likeness (QED) is 0.0232. The largest absolute Gasteiger partial charge is 0.399 e. The molecule has 0 aliphatic carbocycles. The van der Waals surface area contributed by atoms with Crippen molar-refractivity contribution >= 4 is 66.9 Å². The molecule has 0 aliphatic heterocycles. The fraction of sp³-hybridized carbons (Fsp3) is 0.500. The van der Waals surface area contributed by atoms with Crippen molar-refractivity contribution in [3.8, 4) is 0 Å². The van der Waals surface area contributed by atoms with E-state index < -0.39 is 89.8 Å². The van der Waals surface area contributed by atoms with Gasteiger partial charge in [-0.3, -0.25) is 28.8 Å². The van der Waals surface area contributed by atoms with Crippen molar-refractivity contribution in [3.63, 3.8) is 0 Å². The number of carbonyl (C=O) groups excluding carboxylic acids is 6. The maximum Gasteiger partial charge on any atom is 0.266 e. The van der Waals surface area contributed by atoms with Gasteiger partial charge in [0.2, 0.25) is 23.6 Å². The molecule has 6 atom stereocenters. The van der Waals surface area contributed by atoms with E-state index in [9.17, 15) is 45.6 Å². The SMILES string of the molecule is CCc1cc(S(=O)(=O)NC(=O)/C(C)=C/[C@H](C(C)C)N(C)C(=O)[C@@H](NC(=O)[C@@H](NC)C(C)(C)c2ccccc2)C(C)(C)C)ccc1N.CN[C@H](C(=O)N[C@H](C(=O)N(C)[C@H](/C=C(\C)C(=O)NS(=O)(=O)c1ccccc1N)C(C)C)C(C)(C)C)C(C)(C)c1ccccc1. The zero-order valence-corrected chi connectivity index (χ0v) is 58.4. The molecule has 0 bridgehead atoms. The first-order valence-electron chi connectivity index (χ1n) is 30.3. The molecule has 496 valence electrons. The second-order valence-corrected chi connectivity index (χ2v) is 30.3. The number of nitrogen functional groups attached to an aromatic ring is 2. The number of likely N-dealkylation sites (N-methyl/N-ethyl adjacent to an activating group) is 4. The smallest absolute Gasteiger partial charge is 0.266 e. The summed E-state index contributed by atoms with van der Waals surface area (Å²) in [6.07, 6.45) is 3.69. The van der Waals surface area contributed by atoms with Crippen LogP contribution in [0.25, 0.3) is 0 Å². The third kappa shape index (κ3) is 19.8. The Morgan fingerprint density at radius 1 is 0.511 bits per heavy atom. The number of carbonyl (C=O) groups is 6. The Hall–Kier alpha value is -7.40. The number of hydrogen-bond donors (Lipinski definition) is 8. The van der Waals surface area contributed by atoms with Crippen LogP contribution in [0.5, 0.6) is 0 Å². The van der Waals surface area contributed by atoms with Gasteiger partial charge in [0.15, 0.2) is 0 Å². The van der Waals surface area contributed by atoms with Crippen LogP contribution in [-0.2, 0) is 66.1 Å². The molecular formula is C68H102N10O10S2. The average Bonchev–Trinajstić information content (AvgIpc) is 0.923. The molecular weight excluding hydrogens is 1180 g/mol. The van der Waals surface area contributed by atoms with Crippen molar-refractivity contribution in [2.24, 2.45) is 22.7 Å². The third-order valence-electron chi connectivity index (χ3n) is 16.4. The number of anilines is 2. The van der Waals surface area contributed by atoms with E-state index in [4.69, 9.17) is 11.5 Å². The Kier molecular flexibility index (Phi) is 26.9. The van der Waals surface area contributed by atoms with E-state index >= 15 is 0 Å². The van der Waals surface area contributed by atoms with Crippen LogP contribution < -0.4 is 42.2 Å². The molecule has 0 aliphatic rings. The van der Waals surface area contributed by atoms with E-state index in [0.29, 0.717) is 17.7 Å². The topological polar surface area (TPSA) is 301 Å². The molecule has 20 nitrogen and oxygen atoms in total. The molecule has 0 unspecified atom stereocenters. The van der Waals surface area contributed by atoms with Crippen LogP contribution in [0.3, 0.4) is 0 Å². The van der Waals surface area contributed by atoms with E-state index in [1.807, 2.05) is 165 Å². The number of sulfonamides is 2. The van der Waals surface area contributed by atoms with Crippen LogP contribution >= 0.6 is 0 Å². The number of nitrogens with two attached hydrogens (primary N) is 2. The number of aryl methyl sites for hydroxylation is 1. The van der Waals surface area contributed by atoms with Crippen LogP contribution in [0, 0.1) is 22.7 Å². The van der Waals surface area contributed by atoms with Crippen LogP contribution in [0.1, 0.15) is 134 Å². The molecule has 4 aromatic carbocycles. The zero-order valence-electron chi connectivity index (χ0n) is 56.7. The lowest BCUT2D eigenvalue weighted by Crippen LogP contribution is -2.61. The van der Waals surface area contributed by atoms with Crippen molar-refractivity contribution in [1.82, 2.24) is 40.5 Å². The molecule has 90 heavy (non-hydrogen) atoms. The normalized spacial score (nSPS) is 14.8. The molecule has 0 radical (unpaired) electrons. The predicted molar refractivity (Wildman–Crippen MR) is 359 cm³/mol. The lowest BCUT2D eigenvalue weighted by molar-refractivity contribution is -0.141. The Labute approximate surface area is 536 Å². The summed E-state index contributed by atoms with van der Waals surface area (Å²) < 4.78 is 55.9. The number of rotatable bonds is 25. The van der Waals surface area contributed by atoms with Crippen molar-refractivity contribution in [1.29, 1.82) is 0 Å². The van der Waals surface area contributed by atoms with E-state index in [1.54, 1.807) is 46.4 Å². The number of nitrogens with zero attached hydrogens (tertiary/aromatic N) is 2. The first-order valence-corrected chi connectivity index (χ1v) is 33.2. The Bertz CT molecular complexity index is 3440. The van der Waals surface area contributed by atoms with Gasteiger partial charge in [-0.1, -0.05) is 189 Å². The Morgan fingerprint density at radius 2 is 0.867 bits per heavy atom. The van der Waals surface area contributed by atoms with E-state index in [-0.39, 0.29) is 62.1 Å². The summed E-state index contributed by atoms with van der Waals surface area (Å²) in [5.41, 5.74) is 12.6. The second-order valence-electron chi connectivity index (χ2n) is 26.9. The van der Waals surface area contributed by atoms with Crippen molar-refractivity contribution in [2.45, 2.75) is 181 Å². The molecule has 4 aromatic rings. The first-order chi connectivity index (χ1) is 41.4. The fourth-order valence-electron chi connectivity index (χ4n) is 10.6. The fourth-order valence-corrected chi connectivity index (χ4v) is 12.8. The van der Waals surface area contributed by atoms with Crippen molar-refractivity contribution < 1.29 is 45.6 Å². The molecule has 0 fully saturated rings. The van der Waals surface area contributed by atoms with Gasteiger partial charge in [-0.2, -0.15) is 0 Å². The number of para-hydroxylation sites is 1. The monoisotopic (exact) mass is 1280 g/mol. The highest BCUT2D eigenvalue weighted by atomic mass is 32.2. The number of amides is 6.